The summed E-state index contributed by atoms with van der Waals surface area (Å²) < 4.78 is 6.82. The highest BCUT2D eigenvalue weighted by Crippen LogP contribution is 2.24. The summed E-state index contributed by atoms with van der Waals surface area (Å²) in [6.07, 6.45) is 3.37. The van der Waals surface area contributed by atoms with Gasteiger partial charge in [-0.2, -0.15) is 0 Å². The summed E-state index contributed by atoms with van der Waals surface area (Å²) in [5.74, 6) is 0.674. The molecule has 2 aromatic rings. The molecule has 0 bridgehead atoms. The molecule has 2 aromatic heterocycles. The third-order valence-corrected chi connectivity index (χ3v) is 4.37. The second kappa shape index (κ2) is 8.21. The third kappa shape index (κ3) is 4.76. The maximum Gasteiger partial charge on any atom is 0.262 e. The molecule has 2 rings (SSSR count). The Hall–Kier alpha value is -1.14. The highest BCUT2D eigenvalue weighted by atomic mass is 79.9. The summed E-state index contributed by atoms with van der Waals surface area (Å²) in [4.78, 5) is 17.3. The fourth-order valence-corrected chi connectivity index (χ4v) is 1.91. The van der Waals surface area contributed by atoms with Gasteiger partial charge in [0.2, 0.25) is 5.88 Å². The fourth-order valence-electron chi connectivity index (χ4n) is 1.31. The minimum Gasteiger partial charge on any atom is -0.477 e. The van der Waals surface area contributed by atoms with Crippen LogP contribution in [0.5, 0.6) is 5.88 Å². The molecule has 0 aliphatic heterocycles. The SMILES string of the molecule is CCOc1nccc(C)c1Br.Cc1cc[nH]c(=O)c1Br. The number of aromatic nitrogens is 2. The van der Waals surface area contributed by atoms with Gasteiger partial charge in [0.1, 0.15) is 0 Å². The van der Waals surface area contributed by atoms with Gasteiger partial charge in [0.25, 0.3) is 5.56 Å². The first-order valence-electron chi connectivity index (χ1n) is 6.05. The minimum atomic E-state index is -0.0741. The molecule has 0 unspecified atom stereocenters. The molecule has 0 amide bonds. The standard InChI is InChI=1S/C8H10BrNO.C6H6BrNO/c1-3-11-8-7(9)6(2)4-5-10-8;1-4-2-3-8-6(9)5(4)7/h4-5H,3H2,1-2H3;2-3H,1H3,(H,8,9). The number of pyridine rings is 2. The summed E-state index contributed by atoms with van der Waals surface area (Å²) >= 11 is 6.53. The second-order valence-corrected chi connectivity index (χ2v) is 5.57. The Morgan fingerprint density at radius 1 is 1.20 bits per heavy atom. The molecular formula is C14H16Br2N2O2. The topological polar surface area (TPSA) is 55.0 Å². The number of nitrogens with zero attached hydrogens (tertiary/aromatic N) is 1. The van der Waals surface area contributed by atoms with Crippen LogP contribution in [0.3, 0.4) is 0 Å². The lowest BCUT2D eigenvalue weighted by molar-refractivity contribution is 0.324. The van der Waals surface area contributed by atoms with E-state index in [-0.39, 0.29) is 5.56 Å². The van der Waals surface area contributed by atoms with E-state index in [1.54, 1.807) is 12.4 Å². The smallest absolute Gasteiger partial charge is 0.262 e. The predicted molar refractivity (Wildman–Crippen MR) is 87.3 cm³/mol. The van der Waals surface area contributed by atoms with Crippen molar-refractivity contribution in [3.8, 4) is 5.88 Å². The van der Waals surface area contributed by atoms with Crippen molar-refractivity contribution in [1.29, 1.82) is 0 Å². The molecule has 1 N–H and O–H groups in total. The van der Waals surface area contributed by atoms with Crippen molar-refractivity contribution in [3.63, 3.8) is 0 Å². The molecular weight excluding hydrogens is 388 g/mol. The Labute approximate surface area is 134 Å². The van der Waals surface area contributed by atoms with Gasteiger partial charge in [-0.15, -0.1) is 0 Å². The molecule has 20 heavy (non-hydrogen) atoms. The van der Waals surface area contributed by atoms with Gasteiger partial charge in [-0.3, -0.25) is 4.79 Å². The van der Waals surface area contributed by atoms with Gasteiger partial charge >= 0.3 is 0 Å². The molecule has 0 saturated carbocycles. The first-order valence-corrected chi connectivity index (χ1v) is 7.63. The lowest BCUT2D eigenvalue weighted by atomic mass is 10.3. The number of ether oxygens (including phenoxy) is 1. The van der Waals surface area contributed by atoms with Crippen molar-refractivity contribution in [2.75, 3.05) is 6.61 Å². The van der Waals surface area contributed by atoms with E-state index >= 15 is 0 Å². The normalized spacial score (nSPS) is 9.65. The zero-order valence-corrected chi connectivity index (χ0v) is 14.7. The highest BCUT2D eigenvalue weighted by molar-refractivity contribution is 9.10. The van der Waals surface area contributed by atoms with E-state index in [0.29, 0.717) is 17.0 Å². The minimum absolute atomic E-state index is 0.0741. The molecule has 0 aromatic carbocycles. The molecule has 0 aliphatic rings. The quantitative estimate of drug-likeness (QED) is 0.824. The Morgan fingerprint density at radius 3 is 2.40 bits per heavy atom. The largest absolute Gasteiger partial charge is 0.477 e. The van der Waals surface area contributed by atoms with E-state index in [2.05, 4.69) is 41.8 Å². The third-order valence-electron chi connectivity index (χ3n) is 2.42. The number of nitrogens with one attached hydrogen (secondary N) is 1. The maximum absolute atomic E-state index is 10.7. The van der Waals surface area contributed by atoms with E-state index < -0.39 is 0 Å². The van der Waals surface area contributed by atoms with E-state index in [1.807, 2.05) is 32.9 Å². The number of H-pyrrole nitrogens is 1. The lowest BCUT2D eigenvalue weighted by Gasteiger charge is -2.04. The molecule has 0 saturated heterocycles. The van der Waals surface area contributed by atoms with Crippen LogP contribution in [0.2, 0.25) is 0 Å². The van der Waals surface area contributed by atoms with Crippen LogP contribution in [-0.4, -0.2) is 16.6 Å². The van der Waals surface area contributed by atoms with Crippen molar-refractivity contribution < 1.29 is 4.74 Å². The van der Waals surface area contributed by atoms with Crippen LogP contribution in [0.1, 0.15) is 18.1 Å². The van der Waals surface area contributed by atoms with Crippen LogP contribution < -0.4 is 10.3 Å². The number of aromatic amines is 1. The van der Waals surface area contributed by atoms with E-state index in [1.165, 1.54) is 0 Å². The van der Waals surface area contributed by atoms with Crippen molar-refractivity contribution in [2.45, 2.75) is 20.8 Å². The van der Waals surface area contributed by atoms with E-state index in [9.17, 15) is 4.79 Å². The zero-order chi connectivity index (χ0) is 15.1. The lowest BCUT2D eigenvalue weighted by Crippen LogP contribution is -2.05. The summed E-state index contributed by atoms with van der Waals surface area (Å²) in [7, 11) is 0. The monoisotopic (exact) mass is 402 g/mol. The molecule has 108 valence electrons. The Kier molecular flexibility index (Phi) is 6.95. The van der Waals surface area contributed by atoms with Crippen LogP contribution in [0.4, 0.5) is 0 Å². The van der Waals surface area contributed by atoms with Crippen molar-refractivity contribution in [1.82, 2.24) is 9.97 Å². The fraction of sp³-hybridized carbons (Fsp3) is 0.286. The summed E-state index contributed by atoms with van der Waals surface area (Å²) in [6.45, 7) is 6.47. The molecule has 0 aliphatic carbocycles. The van der Waals surface area contributed by atoms with Gasteiger partial charge in [0.15, 0.2) is 0 Å². The number of hydrogen-bond acceptors (Lipinski definition) is 3. The van der Waals surface area contributed by atoms with Gasteiger partial charge < -0.3 is 9.72 Å². The summed E-state index contributed by atoms with van der Waals surface area (Å²) in [5, 5.41) is 0. The number of aryl methyl sites for hydroxylation is 2. The molecule has 2 heterocycles. The molecule has 0 spiro atoms. The van der Waals surface area contributed by atoms with Gasteiger partial charge in [0.05, 0.1) is 15.6 Å². The van der Waals surface area contributed by atoms with Crippen LogP contribution in [0.25, 0.3) is 0 Å². The Bertz CT molecular complexity index is 627. The summed E-state index contributed by atoms with van der Waals surface area (Å²) in [5.41, 5.74) is 2.03. The number of rotatable bonds is 2. The molecule has 0 atom stereocenters. The van der Waals surface area contributed by atoms with E-state index in [4.69, 9.17) is 4.74 Å². The zero-order valence-electron chi connectivity index (χ0n) is 11.5. The molecule has 0 radical (unpaired) electrons. The van der Waals surface area contributed by atoms with Crippen LogP contribution in [-0.2, 0) is 0 Å². The van der Waals surface area contributed by atoms with Crippen molar-refractivity contribution >= 4 is 31.9 Å². The predicted octanol–water partition coefficient (Wildman–Crippen LogP) is 4.00. The van der Waals surface area contributed by atoms with Crippen LogP contribution in [0, 0.1) is 13.8 Å². The second-order valence-electron chi connectivity index (χ2n) is 3.98. The Balaban J connectivity index is 0.000000204. The van der Waals surface area contributed by atoms with Gasteiger partial charge in [-0.05, 0) is 75.9 Å². The average Bonchev–Trinajstić information content (AvgIpc) is 2.42. The molecule has 6 heteroatoms. The van der Waals surface area contributed by atoms with E-state index in [0.717, 1.165) is 15.6 Å². The van der Waals surface area contributed by atoms with Crippen molar-refractivity contribution in [3.05, 3.63) is 55.0 Å². The van der Waals surface area contributed by atoms with Crippen molar-refractivity contribution in [2.24, 2.45) is 0 Å². The first-order chi connectivity index (χ1) is 9.47. The number of halogens is 2. The average molecular weight is 404 g/mol. The number of hydrogen-bond donors (Lipinski definition) is 1. The van der Waals surface area contributed by atoms with Gasteiger partial charge in [0, 0.05) is 12.4 Å². The highest BCUT2D eigenvalue weighted by Gasteiger charge is 2.02. The summed E-state index contributed by atoms with van der Waals surface area (Å²) in [6, 6.07) is 3.78. The molecule has 0 fully saturated rings. The van der Waals surface area contributed by atoms with Gasteiger partial charge in [-0.25, -0.2) is 4.98 Å². The van der Waals surface area contributed by atoms with Gasteiger partial charge in [-0.1, -0.05) is 0 Å². The van der Waals surface area contributed by atoms with Crippen LogP contribution in [0.15, 0.2) is 38.3 Å². The first kappa shape index (κ1) is 16.9. The Morgan fingerprint density at radius 2 is 1.85 bits per heavy atom. The molecule has 4 nitrogen and oxygen atoms in total. The maximum atomic E-state index is 10.7. The van der Waals surface area contributed by atoms with Crippen LogP contribution >= 0.6 is 31.9 Å².